The first-order valence-corrected chi connectivity index (χ1v) is 12.5. The van der Waals surface area contributed by atoms with E-state index in [9.17, 15) is 15.0 Å². The molecule has 1 saturated heterocycles. The second kappa shape index (κ2) is 6.78. The van der Waals surface area contributed by atoms with Gasteiger partial charge in [-0.25, -0.2) is 4.39 Å². The highest BCUT2D eigenvalue weighted by Gasteiger charge is 2.77. The SMILES string of the molecule is Cn1ncc2c1C=C1[C@@H](F)C[C@@H]3[C@H]([C@@H](O)C[C@@]4(C)[C@H]3C[C@H]3OC(C)(C)O[C@]34C(=O)CO)[C@@]1(C)C2. The third kappa shape index (κ3) is 2.55. The summed E-state index contributed by atoms with van der Waals surface area (Å²) in [4.78, 5) is 13.3. The van der Waals surface area contributed by atoms with E-state index < -0.39 is 53.0 Å². The van der Waals surface area contributed by atoms with Crippen LogP contribution in [0.1, 0.15) is 58.2 Å². The van der Waals surface area contributed by atoms with E-state index in [0.717, 1.165) is 16.8 Å². The highest BCUT2D eigenvalue weighted by atomic mass is 19.1. The summed E-state index contributed by atoms with van der Waals surface area (Å²) in [6.45, 7) is 6.98. The van der Waals surface area contributed by atoms with Crippen LogP contribution in [0.5, 0.6) is 0 Å². The molecule has 1 aromatic rings. The van der Waals surface area contributed by atoms with Crippen LogP contribution in [0.25, 0.3) is 6.08 Å². The Morgan fingerprint density at radius 2 is 2.03 bits per heavy atom. The minimum absolute atomic E-state index is 0.0654. The Hall–Kier alpha value is -1.61. The minimum atomic E-state index is -1.34. The lowest BCUT2D eigenvalue weighted by Gasteiger charge is -2.61. The molecular weight excluding hydrogens is 439 g/mol. The first-order chi connectivity index (χ1) is 15.9. The molecule has 7 nitrogen and oxygen atoms in total. The van der Waals surface area contributed by atoms with E-state index in [1.807, 2.05) is 26.2 Å². The zero-order valence-corrected chi connectivity index (χ0v) is 20.5. The summed E-state index contributed by atoms with van der Waals surface area (Å²) >= 11 is 0. The first-order valence-electron chi connectivity index (χ1n) is 12.5. The molecule has 9 atom stereocenters. The van der Waals surface area contributed by atoms with Gasteiger partial charge in [0.1, 0.15) is 12.8 Å². The Labute approximate surface area is 199 Å². The molecule has 0 radical (unpaired) electrons. The molecule has 0 amide bonds. The zero-order valence-electron chi connectivity index (χ0n) is 20.5. The molecule has 0 spiro atoms. The molecule has 186 valence electrons. The van der Waals surface area contributed by atoms with Crippen LogP contribution in [-0.2, 0) is 27.7 Å². The molecule has 2 N–H and O–H groups in total. The fraction of sp³-hybridized carbons (Fsp3) is 0.769. The van der Waals surface area contributed by atoms with Crippen molar-refractivity contribution in [3.63, 3.8) is 0 Å². The van der Waals surface area contributed by atoms with Gasteiger partial charge in [-0.15, -0.1) is 0 Å². The van der Waals surface area contributed by atoms with Gasteiger partial charge >= 0.3 is 0 Å². The standard InChI is InChI=1S/C26H35FN2O5/c1-23(2)33-21-8-15-14-6-17(27)16-7-18-13(11-28-29(18)5)9-24(16,3)22(14)19(31)10-25(15,4)26(21,34-23)20(32)12-30/h7,11,14-15,17,19,21-22,30-31H,6,8-10,12H2,1-5H3/t14-,15-,17-,19-,21+,22+,24-,25-,26+/m0/s1. The number of Topliss-reactive ketones (excluding diaryl/α,β-unsaturated/α-hetero) is 1. The highest BCUT2D eigenvalue weighted by molar-refractivity contribution is 5.91. The van der Waals surface area contributed by atoms with Crippen LogP contribution in [-0.4, -0.2) is 62.2 Å². The van der Waals surface area contributed by atoms with Gasteiger partial charge < -0.3 is 19.7 Å². The number of aliphatic hydroxyl groups excluding tert-OH is 2. The van der Waals surface area contributed by atoms with Crippen molar-refractivity contribution >= 4 is 11.9 Å². The average molecular weight is 475 g/mol. The Kier molecular flexibility index (Phi) is 4.55. The number of aromatic nitrogens is 2. The van der Waals surface area contributed by atoms with Crippen LogP contribution in [0, 0.1) is 28.6 Å². The van der Waals surface area contributed by atoms with Gasteiger partial charge in [-0.05, 0) is 74.5 Å². The van der Waals surface area contributed by atoms with Crippen molar-refractivity contribution in [1.29, 1.82) is 0 Å². The summed E-state index contributed by atoms with van der Waals surface area (Å²) in [5, 5.41) is 26.0. The third-order valence-electron chi connectivity index (χ3n) is 10.1. The summed E-state index contributed by atoms with van der Waals surface area (Å²) in [6, 6.07) is 0. The van der Waals surface area contributed by atoms with E-state index in [4.69, 9.17) is 9.47 Å². The molecular formula is C26H35FN2O5. The predicted octanol–water partition coefficient (Wildman–Crippen LogP) is 2.58. The van der Waals surface area contributed by atoms with Crippen LogP contribution in [0.15, 0.2) is 11.8 Å². The average Bonchev–Trinajstić information content (AvgIpc) is 3.32. The zero-order chi connectivity index (χ0) is 24.4. The van der Waals surface area contributed by atoms with Crippen molar-refractivity contribution in [3.8, 4) is 0 Å². The molecule has 0 aromatic carbocycles. The molecule has 0 unspecified atom stereocenters. The molecule has 3 saturated carbocycles. The number of ether oxygens (including phenoxy) is 2. The molecule has 6 rings (SSSR count). The van der Waals surface area contributed by atoms with Crippen molar-refractivity contribution in [2.24, 2.45) is 35.6 Å². The second-order valence-electron chi connectivity index (χ2n) is 12.2. The van der Waals surface area contributed by atoms with E-state index in [1.54, 1.807) is 18.5 Å². The number of carbonyl (C=O) groups excluding carboxylic acids is 1. The van der Waals surface area contributed by atoms with E-state index in [0.29, 0.717) is 25.7 Å². The topological polar surface area (TPSA) is 93.8 Å². The number of halogens is 1. The molecule has 34 heavy (non-hydrogen) atoms. The van der Waals surface area contributed by atoms with E-state index in [1.165, 1.54) is 0 Å². The number of alkyl halides is 1. The van der Waals surface area contributed by atoms with Gasteiger partial charge in [0.05, 0.1) is 24.1 Å². The number of hydrogen-bond donors (Lipinski definition) is 2. The lowest BCUT2D eigenvalue weighted by atomic mass is 9.45. The van der Waals surface area contributed by atoms with Gasteiger partial charge in [0.25, 0.3) is 0 Å². The maximum Gasteiger partial charge on any atom is 0.193 e. The second-order valence-corrected chi connectivity index (χ2v) is 12.2. The first kappa shape index (κ1) is 22.8. The molecule has 2 heterocycles. The highest BCUT2D eigenvalue weighted by Crippen LogP contribution is 2.70. The fourth-order valence-electron chi connectivity index (χ4n) is 9.04. The Morgan fingerprint density at radius 3 is 2.74 bits per heavy atom. The molecule has 4 fully saturated rings. The minimum Gasteiger partial charge on any atom is -0.393 e. The van der Waals surface area contributed by atoms with Gasteiger partial charge in [0.15, 0.2) is 17.2 Å². The number of aliphatic hydroxyl groups is 2. The van der Waals surface area contributed by atoms with Gasteiger partial charge in [0.2, 0.25) is 0 Å². The number of carbonyl (C=O) groups is 1. The normalized spacial score (nSPS) is 48.3. The van der Waals surface area contributed by atoms with Crippen LogP contribution >= 0.6 is 0 Å². The summed E-state index contributed by atoms with van der Waals surface area (Å²) < 4.78 is 30.3. The number of aryl methyl sites for hydroxylation is 1. The Bertz CT molecular complexity index is 1100. The van der Waals surface area contributed by atoms with Gasteiger partial charge in [0, 0.05) is 17.9 Å². The number of allylic oxidation sites excluding steroid dienone is 1. The Balaban J connectivity index is 1.45. The Morgan fingerprint density at radius 1 is 1.29 bits per heavy atom. The number of ketones is 1. The van der Waals surface area contributed by atoms with Crippen molar-refractivity contribution in [3.05, 3.63) is 23.0 Å². The van der Waals surface area contributed by atoms with E-state index >= 15 is 4.39 Å². The summed E-state index contributed by atoms with van der Waals surface area (Å²) in [5.74, 6) is -1.72. The van der Waals surface area contributed by atoms with Crippen molar-refractivity contribution < 1.29 is 28.9 Å². The summed E-state index contributed by atoms with van der Waals surface area (Å²) in [6.07, 6.45) is 3.24. The van der Waals surface area contributed by atoms with E-state index in [-0.39, 0.29) is 17.8 Å². The molecule has 1 aromatic heterocycles. The smallest absolute Gasteiger partial charge is 0.193 e. The van der Waals surface area contributed by atoms with Crippen molar-refractivity contribution in [2.75, 3.05) is 6.61 Å². The van der Waals surface area contributed by atoms with Gasteiger partial charge in [-0.3, -0.25) is 9.48 Å². The number of rotatable bonds is 2. The quantitative estimate of drug-likeness (QED) is 0.685. The largest absolute Gasteiger partial charge is 0.393 e. The number of fused-ring (bicyclic) bond motifs is 8. The van der Waals surface area contributed by atoms with E-state index in [2.05, 4.69) is 12.0 Å². The van der Waals surface area contributed by atoms with Crippen molar-refractivity contribution in [1.82, 2.24) is 9.78 Å². The number of hydrogen-bond acceptors (Lipinski definition) is 6. The third-order valence-corrected chi connectivity index (χ3v) is 10.1. The van der Waals surface area contributed by atoms with Crippen LogP contribution < -0.4 is 0 Å². The molecule has 4 aliphatic carbocycles. The van der Waals surface area contributed by atoms with Crippen LogP contribution in [0.2, 0.25) is 0 Å². The number of nitrogens with zero attached hydrogens (tertiary/aromatic N) is 2. The van der Waals surface area contributed by atoms with Gasteiger partial charge in [-0.2, -0.15) is 5.10 Å². The summed E-state index contributed by atoms with van der Waals surface area (Å²) in [7, 11) is 1.87. The molecule has 1 aliphatic heterocycles. The lowest BCUT2D eigenvalue weighted by molar-refractivity contribution is -0.228. The summed E-state index contributed by atoms with van der Waals surface area (Å²) in [5.41, 5.74) is 0.124. The lowest BCUT2D eigenvalue weighted by Crippen LogP contribution is -2.65. The molecule has 5 aliphatic rings. The maximum absolute atomic E-state index is 16.0. The van der Waals surface area contributed by atoms with Crippen LogP contribution in [0.4, 0.5) is 4.39 Å². The van der Waals surface area contributed by atoms with Crippen LogP contribution in [0.3, 0.4) is 0 Å². The fourth-order valence-corrected chi connectivity index (χ4v) is 9.04. The molecule has 8 heteroatoms. The monoisotopic (exact) mass is 474 g/mol. The maximum atomic E-state index is 16.0. The predicted molar refractivity (Wildman–Crippen MR) is 121 cm³/mol. The van der Waals surface area contributed by atoms with Gasteiger partial charge in [-0.1, -0.05) is 13.8 Å². The van der Waals surface area contributed by atoms with Crippen molar-refractivity contribution in [2.45, 2.75) is 83.1 Å². The molecule has 0 bridgehead atoms.